The molecule has 8 nitrogen and oxygen atoms in total. The van der Waals surface area contributed by atoms with Crippen molar-refractivity contribution >= 4 is 17.2 Å². The van der Waals surface area contributed by atoms with Crippen LogP contribution in [0.25, 0.3) is 10.8 Å². The Bertz CT molecular complexity index is 894. The van der Waals surface area contributed by atoms with Gasteiger partial charge in [-0.3, -0.25) is 9.69 Å². The van der Waals surface area contributed by atoms with Crippen LogP contribution in [0.5, 0.6) is 0 Å². The normalized spacial score (nSPS) is 15.5. The van der Waals surface area contributed by atoms with E-state index in [1.807, 2.05) is 17.5 Å². The van der Waals surface area contributed by atoms with Crippen molar-refractivity contribution in [2.24, 2.45) is 0 Å². The third-order valence-corrected chi connectivity index (χ3v) is 5.18. The lowest BCUT2D eigenvalue weighted by Gasteiger charge is -2.33. The maximum Gasteiger partial charge on any atom is 0.291 e. The molecule has 1 saturated heterocycles. The summed E-state index contributed by atoms with van der Waals surface area (Å²) in [6, 6.07) is 3.91. The highest BCUT2D eigenvalue weighted by molar-refractivity contribution is 7.13. The largest absolute Gasteiger partial charge is 0.436 e. The SMILES string of the molecule is Cc1nc(C)c(C(=O)N2CCN(Cc3noc(-c4cccs4)n3)CC2)o1. The van der Waals surface area contributed by atoms with Crippen LogP contribution in [0, 0.1) is 13.8 Å². The molecule has 4 rings (SSSR count). The second-order valence-electron chi connectivity index (χ2n) is 6.21. The van der Waals surface area contributed by atoms with Crippen LogP contribution >= 0.6 is 11.3 Å². The molecule has 0 bridgehead atoms. The van der Waals surface area contributed by atoms with E-state index in [1.54, 1.807) is 30.1 Å². The summed E-state index contributed by atoms with van der Waals surface area (Å²) in [6.45, 7) is 6.92. The van der Waals surface area contributed by atoms with Gasteiger partial charge in [-0.25, -0.2) is 4.98 Å². The Kier molecular flexibility index (Phi) is 4.56. The lowest BCUT2D eigenvalue weighted by molar-refractivity contribution is 0.0591. The van der Waals surface area contributed by atoms with Crippen LogP contribution in [-0.4, -0.2) is 57.0 Å². The molecule has 1 amide bonds. The standard InChI is InChI=1S/C17H19N5O3S/c1-11-15(24-12(2)18-11)17(23)22-7-5-21(6-8-22)10-14-19-16(25-20-14)13-4-3-9-26-13/h3-4,9H,5-8,10H2,1-2H3. The van der Waals surface area contributed by atoms with Crippen LogP contribution in [0.15, 0.2) is 26.5 Å². The van der Waals surface area contributed by atoms with Crippen molar-refractivity contribution in [3.05, 3.63) is 40.7 Å². The van der Waals surface area contributed by atoms with Gasteiger partial charge in [-0.1, -0.05) is 11.2 Å². The Morgan fingerprint density at radius 1 is 1.23 bits per heavy atom. The fourth-order valence-electron chi connectivity index (χ4n) is 3.00. The lowest BCUT2D eigenvalue weighted by atomic mass is 10.2. The van der Waals surface area contributed by atoms with Crippen molar-refractivity contribution in [3.63, 3.8) is 0 Å². The van der Waals surface area contributed by atoms with Gasteiger partial charge in [-0.15, -0.1) is 11.3 Å². The molecule has 0 aliphatic carbocycles. The van der Waals surface area contributed by atoms with Gasteiger partial charge >= 0.3 is 0 Å². The number of thiophene rings is 1. The van der Waals surface area contributed by atoms with Crippen molar-refractivity contribution in [1.29, 1.82) is 0 Å². The van der Waals surface area contributed by atoms with Gasteiger partial charge in [0, 0.05) is 33.1 Å². The average molecular weight is 373 g/mol. The number of nitrogens with zero attached hydrogens (tertiary/aromatic N) is 5. The lowest BCUT2D eigenvalue weighted by Crippen LogP contribution is -2.48. The van der Waals surface area contributed by atoms with E-state index in [-0.39, 0.29) is 5.91 Å². The first-order valence-corrected chi connectivity index (χ1v) is 9.30. The van der Waals surface area contributed by atoms with E-state index in [2.05, 4.69) is 20.0 Å². The van der Waals surface area contributed by atoms with Crippen LogP contribution < -0.4 is 0 Å². The monoisotopic (exact) mass is 373 g/mol. The Morgan fingerprint density at radius 3 is 2.69 bits per heavy atom. The quantitative estimate of drug-likeness (QED) is 0.693. The topological polar surface area (TPSA) is 88.5 Å². The minimum Gasteiger partial charge on any atom is -0.436 e. The van der Waals surface area contributed by atoms with Crippen LogP contribution in [-0.2, 0) is 6.54 Å². The van der Waals surface area contributed by atoms with Gasteiger partial charge in [0.05, 0.1) is 17.1 Å². The molecule has 9 heteroatoms. The predicted molar refractivity (Wildman–Crippen MR) is 94.8 cm³/mol. The van der Waals surface area contributed by atoms with Crippen LogP contribution in [0.4, 0.5) is 0 Å². The Hall–Kier alpha value is -2.52. The number of carbonyl (C=O) groups is 1. The van der Waals surface area contributed by atoms with E-state index in [0.29, 0.717) is 48.7 Å². The van der Waals surface area contributed by atoms with Gasteiger partial charge in [0.1, 0.15) is 0 Å². The summed E-state index contributed by atoms with van der Waals surface area (Å²) in [4.78, 5) is 26.2. The molecule has 0 aromatic carbocycles. The zero-order chi connectivity index (χ0) is 18.1. The second-order valence-corrected chi connectivity index (χ2v) is 7.16. The van der Waals surface area contributed by atoms with Crippen LogP contribution in [0.1, 0.15) is 28.0 Å². The molecule has 3 aromatic rings. The van der Waals surface area contributed by atoms with E-state index in [0.717, 1.165) is 18.0 Å². The minimum atomic E-state index is -0.0951. The molecular formula is C17H19N5O3S. The fourth-order valence-corrected chi connectivity index (χ4v) is 3.65. The van der Waals surface area contributed by atoms with Crippen molar-refractivity contribution in [1.82, 2.24) is 24.9 Å². The van der Waals surface area contributed by atoms with Gasteiger partial charge < -0.3 is 13.8 Å². The molecule has 3 aromatic heterocycles. The molecule has 1 fully saturated rings. The number of rotatable bonds is 4. The summed E-state index contributed by atoms with van der Waals surface area (Å²) in [7, 11) is 0. The highest BCUT2D eigenvalue weighted by Crippen LogP contribution is 2.23. The van der Waals surface area contributed by atoms with Crippen molar-refractivity contribution in [3.8, 4) is 10.8 Å². The first-order valence-electron chi connectivity index (χ1n) is 8.42. The Labute approximate surface area is 154 Å². The van der Waals surface area contributed by atoms with E-state index in [4.69, 9.17) is 8.94 Å². The summed E-state index contributed by atoms with van der Waals surface area (Å²) in [6.07, 6.45) is 0. The first kappa shape index (κ1) is 16.9. The van der Waals surface area contributed by atoms with Gasteiger partial charge in [-0.2, -0.15) is 4.98 Å². The van der Waals surface area contributed by atoms with E-state index in [9.17, 15) is 4.79 Å². The summed E-state index contributed by atoms with van der Waals surface area (Å²) >= 11 is 1.57. The molecule has 1 aliphatic rings. The molecule has 0 unspecified atom stereocenters. The Morgan fingerprint density at radius 2 is 2.04 bits per heavy atom. The minimum absolute atomic E-state index is 0.0951. The molecule has 1 aliphatic heterocycles. The zero-order valence-electron chi connectivity index (χ0n) is 14.6. The van der Waals surface area contributed by atoms with Crippen molar-refractivity contribution in [2.75, 3.05) is 26.2 Å². The fraction of sp³-hybridized carbons (Fsp3) is 0.412. The van der Waals surface area contributed by atoms with Gasteiger partial charge in [0.25, 0.3) is 11.8 Å². The number of hydrogen-bond acceptors (Lipinski definition) is 8. The maximum absolute atomic E-state index is 12.6. The zero-order valence-corrected chi connectivity index (χ0v) is 15.5. The number of aromatic nitrogens is 3. The molecule has 0 atom stereocenters. The molecule has 0 saturated carbocycles. The second kappa shape index (κ2) is 7.00. The van der Waals surface area contributed by atoms with Crippen LogP contribution in [0.3, 0.4) is 0 Å². The molecular weight excluding hydrogens is 354 g/mol. The van der Waals surface area contributed by atoms with E-state index < -0.39 is 0 Å². The Balaban J connectivity index is 1.34. The highest BCUT2D eigenvalue weighted by Gasteiger charge is 2.27. The smallest absolute Gasteiger partial charge is 0.291 e. The third-order valence-electron chi connectivity index (χ3n) is 4.32. The highest BCUT2D eigenvalue weighted by atomic mass is 32.1. The molecule has 136 valence electrons. The molecule has 26 heavy (non-hydrogen) atoms. The number of piperazine rings is 1. The summed E-state index contributed by atoms with van der Waals surface area (Å²) in [5, 5.41) is 6.04. The van der Waals surface area contributed by atoms with Crippen molar-refractivity contribution in [2.45, 2.75) is 20.4 Å². The summed E-state index contributed by atoms with van der Waals surface area (Å²) in [5.41, 5.74) is 0.642. The average Bonchev–Trinajstić information content (AvgIpc) is 3.36. The van der Waals surface area contributed by atoms with Gasteiger partial charge in [-0.05, 0) is 18.4 Å². The number of carbonyl (C=O) groups excluding carboxylic acids is 1. The van der Waals surface area contributed by atoms with Crippen molar-refractivity contribution < 1.29 is 13.7 Å². The maximum atomic E-state index is 12.6. The third kappa shape index (κ3) is 3.40. The predicted octanol–water partition coefficient (Wildman–Crippen LogP) is 2.36. The molecule has 0 spiro atoms. The molecule has 0 N–H and O–H groups in total. The van der Waals surface area contributed by atoms with E-state index in [1.165, 1.54) is 0 Å². The van der Waals surface area contributed by atoms with Crippen LogP contribution in [0.2, 0.25) is 0 Å². The first-order chi connectivity index (χ1) is 12.6. The number of aryl methyl sites for hydroxylation is 2. The number of amides is 1. The number of oxazole rings is 1. The van der Waals surface area contributed by atoms with E-state index >= 15 is 0 Å². The molecule has 4 heterocycles. The summed E-state index contributed by atoms with van der Waals surface area (Å²) in [5.74, 6) is 1.98. The molecule has 0 radical (unpaired) electrons. The number of hydrogen-bond donors (Lipinski definition) is 0. The summed E-state index contributed by atoms with van der Waals surface area (Å²) < 4.78 is 10.8. The van der Waals surface area contributed by atoms with Gasteiger partial charge in [0.15, 0.2) is 11.7 Å². The van der Waals surface area contributed by atoms with Gasteiger partial charge in [0.2, 0.25) is 5.76 Å².